The minimum atomic E-state index is -0.171. The van der Waals surface area contributed by atoms with E-state index in [0.717, 1.165) is 56.1 Å². The van der Waals surface area contributed by atoms with Gasteiger partial charge in [-0.1, -0.05) is 25.5 Å². The van der Waals surface area contributed by atoms with Gasteiger partial charge in [-0.25, -0.2) is 0 Å². The molecule has 4 heteroatoms. The zero-order valence-electron chi connectivity index (χ0n) is 16.2. The van der Waals surface area contributed by atoms with Gasteiger partial charge in [0.2, 0.25) is 0 Å². The molecule has 2 saturated carbocycles. The number of hydrogen-bond donors (Lipinski definition) is 1. The van der Waals surface area contributed by atoms with Crippen molar-refractivity contribution in [1.82, 2.24) is 0 Å². The Hall–Kier alpha value is -1.58. The lowest BCUT2D eigenvalue weighted by molar-refractivity contribution is -0.148. The fraction of sp³-hybridized carbons (Fsp3) is 0.727. The third kappa shape index (κ3) is 2.40. The van der Waals surface area contributed by atoms with Gasteiger partial charge in [0.1, 0.15) is 12.4 Å². The van der Waals surface area contributed by atoms with Crippen molar-refractivity contribution in [2.45, 2.75) is 71.8 Å². The van der Waals surface area contributed by atoms with E-state index in [4.69, 9.17) is 10.5 Å². The summed E-state index contributed by atoms with van der Waals surface area (Å²) in [4.78, 5) is 22.8. The first kappa shape index (κ1) is 17.8. The number of aldehydes is 1. The fourth-order valence-corrected chi connectivity index (χ4v) is 6.82. The average molecular weight is 357 g/mol. The van der Waals surface area contributed by atoms with Gasteiger partial charge < -0.3 is 10.5 Å². The van der Waals surface area contributed by atoms with Gasteiger partial charge in [-0.3, -0.25) is 9.59 Å². The molecule has 4 aliphatic carbocycles. The van der Waals surface area contributed by atoms with Gasteiger partial charge in [-0.2, -0.15) is 0 Å². The first-order chi connectivity index (χ1) is 12.3. The van der Waals surface area contributed by atoms with Crippen molar-refractivity contribution in [3.05, 3.63) is 22.9 Å². The van der Waals surface area contributed by atoms with Crippen molar-refractivity contribution in [2.75, 3.05) is 0 Å². The Bertz CT molecular complexity index is 708. The van der Waals surface area contributed by atoms with Crippen molar-refractivity contribution in [2.24, 2.45) is 34.3 Å². The molecule has 6 unspecified atom stereocenters. The number of carbonyl (C=O) groups is 2. The molecule has 2 N–H and O–H groups in total. The Kier molecular flexibility index (Phi) is 4.09. The van der Waals surface area contributed by atoms with Crippen molar-refractivity contribution in [3.63, 3.8) is 0 Å². The molecule has 0 aromatic heterocycles. The van der Waals surface area contributed by atoms with Crippen molar-refractivity contribution in [3.8, 4) is 0 Å². The molecule has 0 radical (unpaired) electrons. The Morgan fingerprint density at radius 2 is 1.92 bits per heavy atom. The molecule has 0 aliphatic heterocycles. The van der Waals surface area contributed by atoms with Gasteiger partial charge >= 0.3 is 5.97 Å². The molecule has 0 spiro atoms. The third-order valence-electron chi connectivity index (χ3n) is 8.32. The van der Waals surface area contributed by atoms with E-state index in [1.54, 1.807) is 0 Å². The summed E-state index contributed by atoms with van der Waals surface area (Å²) >= 11 is 0. The predicted octanol–water partition coefficient (Wildman–Crippen LogP) is 3.90. The molecule has 4 aliphatic rings. The van der Waals surface area contributed by atoms with E-state index >= 15 is 0 Å². The number of rotatable bonds is 2. The molecule has 0 aromatic rings. The van der Waals surface area contributed by atoms with Gasteiger partial charge in [-0.15, -0.1) is 0 Å². The maximum absolute atomic E-state index is 11.5. The monoisotopic (exact) mass is 357 g/mol. The van der Waals surface area contributed by atoms with Crippen molar-refractivity contribution < 1.29 is 14.3 Å². The Morgan fingerprint density at radius 3 is 2.62 bits per heavy atom. The Morgan fingerprint density at radius 1 is 1.19 bits per heavy atom. The zero-order valence-corrected chi connectivity index (χ0v) is 16.2. The maximum Gasteiger partial charge on any atom is 0.302 e. The summed E-state index contributed by atoms with van der Waals surface area (Å²) in [6, 6.07) is 0. The van der Waals surface area contributed by atoms with E-state index in [2.05, 4.69) is 19.9 Å². The molecule has 0 saturated heterocycles. The van der Waals surface area contributed by atoms with Crippen LogP contribution < -0.4 is 5.73 Å². The molecule has 0 bridgehead atoms. The van der Waals surface area contributed by atoms with E-state index in [9.17, 15) is 9.59 Å². The van der Waals surface area contributed by atoms with Crippen LogP contribution in [0.4, 0.5) is 0 Å². The summed E-state index contributed by atoms with van der Waals surface area (Å²) in [6.45, 7) is 6.21. The standard InChI is InChI=1S/C22H31NO3/c1-13(25)26-16-6-8-21(2)15(11-16)4-5-17-18(21)7-9-22(3)19(17)10-14(12-24)20(22)23/h4,12,16-19H,5-11,23H2,1-3H3. The minimum absolute atomic E-state index is 0.00590. The largest absolute Gasteiger partial charge is 0.462 e. The lowest BCUT2D eigenvalue weighted by Crippen LogP contribution is -2.50. The number of fused-ring (bicyclic) bond motifs is 5. The third-order valence-corrected chi connectivity index (χ3v) is 8.32. The van der Waals surface area contributed by atoms with Crippen molar-refractivity contribution >= 4 is 12.3 Å². The highest BCUT2D eigenvalue weighted by molar-refractivity contribution is 5.76. The summed E-state index contributed by atoms with van der Waals surface area (Å²) in [7, 11) is 0. The highest BCUT2D eigenvalue weighted by Gasteiger charge is 2.57. The van der Waals surface area contributed by atoms with Gasteiger partial charge in [0.05, 0.1) is 0 Å². The lowest BCUT2D eigenvalue weighted by Gasteiger charge is -2.57. The first-order valence-electron chi connectivity index (χ1n) is 10.1. The number of ether oxygens (including phenoxy) is 1. The van der Waals surface area contributed by atoms with Crippen LogP contribution >= 0.6 is 0 Å². The van der Waals surface area contributed by atoms with Gasteiger partial charge in [-0.05, 0) is 61.7 Å². The quantitative estimate of drug-likeness (QED) is 0.462. The molecule has 0 amide bonds. The summed E-state index contributed by atoms with van der Waals surface area (Å²) in [5.41, 5.74) is 9.81. The molecule has 26 heavy (non-hydrogen) atoms. The normalized spacial score (nSPS) is 44.5. The highest BCUT2D eigenvalue weighted by atomic mass is 16.5. The molecule has 2 fully saturated rings. The molecular formula is C22H31NO3. The van der Waals surface area contributed by atoms with Crippen molar-refractivity contribution in [1.29, 1.82) is 0 Å². The number of nitrogens with two attached hydrogens (primary N) is 1. The number of carbonyl (C=O) groups excluding carboxylic acids is 2. The van der Waals surface area contributed by atoms with Crippen LogP contribution in [-0.2, 0) is 14.3 Å². The second-order valence-electron chi connectivity index (χ2n) is 9.45. The summed E-state index contributed by atoms with van der Waals surface area (Å²) in [6.07, 6.45) is 10.6. The average Bonchev–Trinajstić information content (AvgIpc) is 2.86. The smallest absolute Gasteiger partial charge is 0.302 e. The van der Waals surface area contributed by atoms with Crippen LogP contribution in [0.3, 0.4) is 0 Å². The van der Waals surface area contributed by atoms with Crippen LogP contribution in [0.25, 0.3) is 0 Å². The van der Waals surface area contributed by atoms with Crippen LogP contribution in [-0.4, -0.2) is 18.4 Å². The van der Waals surface area contributed by atoms with E-state index in [1.807, 2.05) is 0 Å². The minimum Gasteiger partial charge on any atom is -0.462 e. The van der Waals surface area contributed by atoms with Gasteiger partial charge in [0, 0.05) is 30.0 Å². The lowest BCUT2D eigenvalue weighted by atomic mass is 9.48. The van der Waals surface area contributed by atoms with E-state index in [0.29, 0.717) is 17.8 Å². The van der Waals surface area contributed by atoms with E-state index in [1.165, 1.54) is 18.9 Å². The Balaban J connectivity index is 1.61. The summed E-state index contributed by atoms with van der Waals surface area (Å²) in [5, 5.41) is 0. The molecule has 0 aromatic carbocycles. The first-order valence-corrected chi connectivity index (χ1v) is 10.1. The second-order valence-corrected chi connectivity index (χ2v) is 9.45. The Labute approximate surface area is 156 Å². The van der Waals surface area contributed by atoms with Gasteiger partial charge in [0.25, 0.3) is 0 Å². The molecule has 4 rings (SSSR count). The molecule has 0 heterocycles. The van der Waals surface area contributed by atoms with Crippen LogP contribution in [0.5, 0.6) is 0 Å². The fourth-order valence-electron chi connectivity index (χ4n) is 6.82. The molecular weight excluding hydrogens is 326 g/mol. The SMILES string of the molecule is CC(=O)OC1CCC2(C)C(=CCC3C2CCC2(C)C(N)=C(C=O)CC32)C1. The second kappa shape index (κ2) is 5.97. The van der Waals surface area contributed by atoms with Gasteiger partial charge in [0.15, 0.2) is 0 Å². The van der Waals surface area contributed by atoms with Crippen LogP contribution in [0, 0.1) is 28.6 Å². The number of hydrogen-bond acceptors (Lipinski definition) is 4. The van der Waals surface area contributed by atoms with Crippen LogP contribution in [0.15, 0.2) is 22.9 Å². The molecule has 4 nitrogen and oxygen atoms in total. The number of allylic oxidation sites excluding steroid dienone is 3. The number of esters is 1. The predicted molar refractivity (Wildman–Crippen MR) is 99.9 cm³/mol. The van der Waals surface area contributed by atoms with E-state index < -0.39 is 0 Å². The molecule has 6 atom stereocenters. The summed E-state index contributed by atoms with van der Waals surface area (Å²) < 4.78 is 5.51. The maximum atomic E-state index is 11.5. The van der Waals surface area contributed by atoms with E-state index in [-0.39, 0.29) is 22.9 Å². The topological polar surface area (TPSA) is 69.4 Å². The highest BCUT2D eigenvalue weighted by Crippen LogP contribution is 2.65. The van der Waals surface area contributed by atoms with Crippen LogP contribution in [0.1, 0.15) is 65.7 Å². The van der Waals surface area contributed by atoms with Crippen LogP contribution in [0.2, 0.25) is 0 Å². The zero-order chi connectivity index (χ0) is 18.7. The summed E-state index contributed by atoms with van der Waals surface area (Å²) in [5.74, 6) is 1.57. The molecule has 142 valence electrons.